The number of nitro groups is 1. The van der Waals surface area contributed by atoms with E-state index < -0.39 is 35.2 Å². The lowest BCUT2D eigenvalue weighted by Crippen LogP contribution is -2.39. The molecule has 0 unspecified atom stereocenters. The normalized spacial score (nSPS) is 12.4. The van der Waals surface area contributed by atoms with Crippen molar-refractivity contribution < 1.29 is 24.0 Å². The number of hydrogen-bond donors (Lipinski definition) is 0. The first-order valence-electron chi connectivity index (χ1n) is 5.12. The van der Waals surface area contributed by atoms with Crippen molar-refractivity contribution in [1.82, 2.24) is 0 Å². The highest BCUT2D eigenvalue weighted by Crippen LogP contribution is 2.24. The Morgan fingerprint density at radius 3 is 1.82 bits per heavy atom. The van der Waals surface area contributed by atoms with Crippen LogP contribution in [0.5, 0.6) is 0 Å². The fourth-order valence-electron chi connectivity index (χ4n) is 1.57. The lowest BCUT2D eigenvalue weighted by molar-refractivity contribution is -0.490. The molecule has 0 heterocycles. The van der Waals surface area contributed by atoms with E-state index in [0.29, 0.717) is 0 Å². The average Bonchev–Trinajstić information content (AvgIpc) is 2.26. The Labute approximate surface area is 99.2 Å². The summed E-state index contributed by atoms with van der Waals surface area (Å²) >= 11 is 0. The van der Waals surface area contributed by atoms with E-state index in [-0.39, 0.29) is 5.92 Å². The third-order valence-electron chi connectivity index (χ3n) is 2.55. The van der Waals surface area contributed by atoms with Crippen LogP contribution in [0.15, 0.2) is 0 Å². The molecule has 0 saturated heterocycles. The number of rotatable bonds is 6. The van der Waals surface area contributed by atoms with Crippen molar-refractivity contribution in [3.8, 4) is 0 Å². The summed E-state index contributed by atoms with van der Waals surface area (Å²) in [5, 5.41) is 10.5. The summed E-state index contributed by atoms with van der Waals surface area (Å²) in [6.45, 7) is 2.92. The molecule has 0 fully saturated rings. The van der Waals surface area contributed by atoms with E-state index in [2.05, 4.69) is 9.47 Å². The van der Waals surface area contributed by atoms with Gasteiger partial charge < -0.3 is 9.47 Å². The summed E-state index contributed by atoms with van der Waals surface area (Å²) in [7, 11) is 2.25. The van der Waals surface area contributed by atoms with Crippen LogP contribution >= 0.6 is 0 Å². The smallest absolute Gasteiger partial charge is 0.320 e. The molecule has 0 aromatic carbocycles. The second-order valence-electron chi connectivity index (χ2n) is 3.95. The summed E-state index contributed by atoms with van der Waals surface area (Å²) in [6.07, 6.45) is 0. The molecule has 7 nitrogen and oxygen atoms in total. The SMILES string of the molecule is COC(=O)C(C(=O)OC)[C@@H](C[N+](=O)[O-])C(C)C. The quantitative estimate of drug-likeness (QED) is 0.293. The Morgan fingerprint density at radius 2 is 1.59 bits per heavy atom. The lowest BCUT2D eigenvalue weighted by atomic mass is 9.83. The minimum Gasteiger partial charge on any atom is -0.468 e. The van der Waals surface area contributed by atoms with Crippen LogP contribution in [0.1, 0.15) is 13.8 Å². The van der Waals surface area contributed by atoms with Gasteiger partial charge in [-0.2, -0.15) is 0 Å². The summed E-state index contributed by atoms with van der Waals surface area (Å²) in [6, 6.07) is 0. The van der Waals surface area contributed by atoms with Crippen LogP contribution in [-0.4, -0.2) is 37.6 Å². The molecule has 0 rings (SSSR count). The Kier molecular flexibility index (Phi) is 6.16. The number of nitrogens with zero attached hydrogens (tertiary/aromatic N) is 1. The fourth-order valence-corrected chi connectivity index (χ4v) is 1.57. The van der Waals surface area contributed by atoms with E-state index in [1.54, 1.807) is 13.8 Å². The van der Waals surface area contributed by atoms with Gasteiger partial charge in [0.1, 0.15) is 0 Å². The first-order valence-corrected chi connectivity index (χ1v) is 5.12. The highest BCUT2D eigenvalue weighted by molar-refractivity contribution is 5.95. The zero-order chi connectivity index (χ0) is 13.6. The number of carbonyl (C=O) groups excluding carboxylic acids is 2. The maximum Gasteiger partial charge on any atom is 0.320 e. The van der Waals surface area contributed by atoms with E-state index in [1.165, 1.54) is 0 Å². The van der Waals surface area contributed by atoms with Gasteiger partial charge in [0.2, 0.25) is 6.54 Å². The fraction of sp³-hybridized carbons (Fsp3) is 0.800. The minimum atomic E-state index is -1.25. The van der Waals surface area contributed by atoms with Crippen LogP contribution in [0.3, 0.4) is 0 Å². The average molecular weight is 247 g/mol. The van der Waals surface area contributed by atoms with E-state index >= 15 is 0 Å². The summed E-state index contributed by atoms with van der Waals surface area (Å²) in [5.41, 5.74) is 0. The third-order valence-corrected chi connectivity index (χ3v) is 2.55. The second kappa shape index (κ2) is 6.82. The van der Waals surface area contributed by atoms with Gasteiger partial charge >= 0.3 is 11.9 Å². The highest BCUT2D eigenvalue weighted by Gasteiger charge is 2.41. The van der Waals surface area contributed by atoms with Crippen molar-refractivity contribution in [3.63, 3.8) is 0 Å². The van der Waals surface area contributed by atoms with Crippen LogP contribution in [0.4, 0.5) is 0 Å². The minimum absolute atomic E-state index is 0.219. The van der Waals surface area contributed by atoms with Crippen LogP contribution in [0.25, 0.3) is 0 Å². The van der Waals surface area contributed by atoms with Crippen molar-refractivity contribution in [2.45, 2.75) is 13.8 Å². The van der Waals surface area contributed by atoms with Crippen molar-refractivity contribution >= 4 is 11.9 Å². The molecule has 0 radical (unpaired) electrons. The van der Waals surface area contributed by atoms with Crippen molar-refractivity contribution in [2.24, 2.45) is 17.8 Å². The van der Waals surface area contributed by atoms with Gasteiger partial charge in [-0.25, -0.2) is 0 Å². The number of esters is 2. The highest BCUT2D eigenvalue weighted by atomic mass is 16.6. The van der Waals surface area contributed by atoms with Crippen LogP contribution < -0.4 is 0 Å². The Morgan fingerprint density at radius 1 is 1.18 bits per heavy atom. The molecular weight excluding hydrogens is 230 g/mol. The summed E-state index contributed by atoms with van der Waals surface area (Å²) in [4.78, 5) is 33.0. The van der Waals surface area contributed by atoms with Gasteiger partial charge in [0, 0.05) is 4.92 Å². The van der Waals surface area contributed by atoms with Gasteiger partial charge in [-0.3, -0.25) is 19.7 Å². The molecule has 7 heteroatoms. The van der Waals surface area contributed by atoms with E-state index in [0.717, 1.165) is 14.2 Å². The van der Waals surface area contributed by atoms with Gasteiger partial charge in [0.05, 0.1) is 20.1 Å². The number of hydrogen-bond acceptors (Lipinski definition) is 6. The predicted molar refractivity (Wildman–Crippen MR) is 57.7 cm³/mol. The van der Waals surface area contributed by atoms with Crippen molar-refractivity contribution in [1.29, 1.82) is 0 Å². The predicted octanol–water partition coefficient (Wildman–Crippen LogP) is 0.497. The maximum atomic E-state index is 11.5. The van der Waals surface area contributed by atoms with E-state index in [4.69, 9.17) is 0 Å². The summed E-state index contributed by atoms with van der Waals surface area (Å²) in [5.74, 6) is -3.83. The summed E-state index contributed by atoms with van der Waals surface area (Å²) < 4.78 is 8.97. The zero-order valence-electron chi connectivity index (χ0n) is 10.3. The number of carbonyl (C=O) groups is 2. The zero-order valence-corrected chi connectivity index (χ0v) is 10.3. The van der Waals surface area contributed by atoms with Gasteiger partial charge in [-0.1, -0.05) is 13.8 Å². The molecule has 1 atom stereocenters. The van der Waals surface area contributed by atoms with E-state index in [1.807, 2.05) is 0 Å². The van der Waals surface area contributed by atoms with E-state index in [9.17, 15) is 19.7 Å². The monoisotopic (exact) mass is 247 g/mol. The first-order chi connectivity index (χ1) is 7.84. The second-order valence-corrected chi connectivity index (χ2v) is 3.95. The molecule has 0 aliphatic rings. The standard InChI is InChI=1S/C10H17NO6/c1-6(2)7(5-11(14)15)8(9(12)16-3)10(13)17-4/h6-8H,5H2,1-4H3/t7-/m0/s1. The molecule has 0 bridgehead atoms. The van der Waals surface area contributed by atoms with Crippen molar-refractivity contribution in [3.05, 3.63) is 10.1 Å². The number of methoxy groups -OCH3 is 2. The first kappa shape index (κ1) is 15.3. The van der Waals surface area contributed by atoms with Crippen LogP contribution in [-0.2, 0) is 19.1 Å². The molecule has 0 aromatic rings. The molecule has 98 valence electrons. The molecule has 0 amide bonds. The maximum absolute atomic E-state index is 11.5. The third kappa shape index (κ3) is 4.38. The molecule has 17 heavy (non-hydrogen) atoms. The van der Waals surface area contributed by atoms with Gasteiger partial charge in [-0.05, 0) is 5.92 Å². The molecule has 0 saturated carbocycles. The Bertz CT molecular complexity index is 285. The van der Waals surface area contributed by atoms with Crippen LogP contribution in [0.2, 0.25) is 0 Å². The Balaban J connectivity index is 5.13. The molecule has 0 spiro atoms. The molecule has 0 aliphatic carbocycles. The molecule has 0 aliphatic heterocycles. The van der Waals surface area contributed by atoms with Gasteiger partial charge in [0.25, 0.3) is 0 Å². The van der Waals surface area contributed by atoms with Gasteiger partial charge in [0.15, 0.2) is 5.92 Å². The Hall–Kier alpha value is -1.66. The topological polar surface area (TPSA) is 95.7 Å². The lowest BCUT2D eigenvalue weighted by Gasteiger charge is -2.23. The molecule has 0 aromatic heterocycles. The van der Waals surface area contributed by atoms with Crippen molar-refractivity contribution in [2.75, 3.05) is 20.8 Å². The molecular formula is C10H17NO6. The largest absolute Gasteiger partial charge is 0.468 e. The van der Waals surface area contributed by atoms with Crippen LogP contribution in [0, 0.1) is 27.9 Å². The number of ether oxygens (including phenoxy) is 2. The molecule has 0 N–H and O–H groups in total. The van der Waals surface area contributed by atoms with Gasteiger partial charge in [-0.15, -0.1) is 0 Å².